The lowest BCUT2D eigenvalue weighted by Crippen LogP contribution is -2.30. The molecule has 5 nitrogen and oxygen atoms in total. The predicted octanol–water partition coefficient (Wildman–Crippen LogP) is 0.929. The van der Waals surface area contributed by atoms with Crippen LogP contribution < -0.4 is 11.3 Å². The zero-order valence-electron chi connectivity index (χ0n) is 7.04. The lowest BCUT2D eigenvalue weighted by atomic mass is 10.2. The fourth-order valence-electron chi connectivity index (χ4n) is 1.23. The summed E-state index contributed by atoms with van der Waals surface area (Å²) in [7, 11) is 0. The molecule has 0 aliphatic heterocycles. The van der Waals surface area contributed by atoms with E-state index in [1.54, 1.807) is 6.07 Å². The molecule has 0 atom stereocenters. The van der Waals surface area contributed by atoms with Crippen LogP contribution in [0.1, 0.15) is 10.5 Å². The second kappa shape index (κ2) is 3.39. The fraction of sp³-hybridized carbons (Fsp3) is 0. The van der Waals surface area contributed by atoms with Crippen LogP contribution in [0.3, 0.4) is 0 Å². The third kappa shape index (κ3) is 1.38. The molecule has 2 aromatic rings. The Morgan fingerprint density at radius 1 is 1.57 bits per heavy atom. The van der Waals surface area contributed by atoms with Gasteiger partial charge in [0.25, 0.3) is 5.91 Å². The SMILES string of the molecule is NNC(=O)c1n[nH]c2cc(Br)ccc12. The quantitative estimate of drug-likeness (QED) is 0.402. The number of carbonyl (C=O) groups excluding carboxylic acids is 1. The van der Waals surface area contributed by atoms with Crippen molar-refractivity contribution >= 4 is 32.7 Å². The Kier molecular flexibility index (Phi) is 2.22. The first kappa shape index (κ1) is 9.17. The summed E-state index contributed by atoms with van der Waals surface area (Å²) in [6.45, 7) is 0. The Balaban J connectivity index is 2.64. The fourth-order valence-corrected chi connectivity index (χ4v) is 1.59. The van der Waals surface area contributed by atoms with Gasteiger partial charge in [-0.3, -0.25) is 15.3 Å². The van der Waals surface area contributed by atoms with Gasteiger partial charge in [-0.25, -0.2) is 5.84 Å². The van der Waals surface area contributed by atoms with Gasteiger partial charge in [-0.15, -0.1) is 0 Å². The number of hydrazine groups is 1. The van der Waals surface area contributed by atoms with Gasteiger partial charge in [-0.2, -0.15) is 5.10 Å². The van der Waals surface area contributed by atoms with Crippen molar-refractivity contribution in [1.29, 1.82) is 0 Å². The van der Waals surface area contributed by atoms with Crippen molar-refractivity contribution in [3.63, 3.8) is 0 Å². The van der Waals surface area contributed by atoms with E-state index < -0.39 is 5.91 Å². The Labute approximate surface area is 87.8 Å². The zero-order chi connectivity index (χ0) is 10.1. The molecule has 0 aliphatic carbocycles. The zero-order valence-corrected chi connectivity index (χ0v) is 8.63. The summed E-state index contributed by atoms with van der Waals surface area (Å²) in [6.07, 6.45) is 0. The molecule has 1 aromatic carbocycles. The highest BCUT2D eigenvalue weighted by molar-refractivity contribution is 9.10. The maximum absolute atomic E-state index is 11.2. The van der Waals surface area contributed by atoms with E-state index in [0.29, 0.717) is 5.69 Å². The smallest absolute Gasteiger partial charge is 0.286 e. The predicted molar refractivity (Wildman–Crippen MR) is 55.4 cm³/mol. The van der Waals surface area contributed by atoms with E-state index in [4.69, 9.17) is 5.84 Å². The topological polar surface area (TPSA) is 83.8 Å². The van der Waals surface area contributed by atoms with Gasteiger partial charge in [0.15, 0.2) is 5.69 Å². The average molecular weight is 255 g/mol. The molecule has 0 radical (unpaired) electrons. The van der Waals surface area contributed by atoms with Crippen molar-refractivity contribution in [1.82, 2.24) is 15.6 Å². The van der Waals surface area contributed by atoms with Gasteiger partial charge in [0.1, 0.15) is 0 Å². The van der Waals surface area contributed by atoms with E-state index in [0.717, 1.165) is 15.4 Å². The van der Waals surface area contributed by atoms with Crippen LogP contribution in [-0.2, 0) is 0 Å². The highest BCUT2D eigenvalue weighted by atomic mass is 79.9. The number of carbonyl (C=O) groups is 1. The third-order valence-corrected chi connectivity index (χ3v) is 2.36. The second-order valence-electron chi connectivity index (χ2n) is 2.74. The molecule has 2 rings (SSSR count). The van der Waals surface area contributed by atoms with Crippen molar-refractivity contribution < 1.29 is 4.79 Å². The number of nitrogen functional groups attached to an aromatic ring is 1. The molecule has 1 heterocycles. The third-order valence-electron chi connectivity index (χ3n) is 1.87. The Hall–Kier alpha value is -1.40. The normalized spacial score (nSPS) is 10.4. The van der Waals surface area contributed by atoms with E-state index in [1.807, 2.05) is 17.6 Å². The number of H-pyrrole nitrogens is 1. The molecule has 0 aliphatic rings. The molecule has 1 amide bonds. The minimum absolute atomic E-state index is 0.301. The number of nitrogens with zero attached hydrogens (tertiary/aromatic N) is 1. The first-order valence-corrected chi connectivity index (χ1v) is 4.66. The van der Waals surface area contributed by atoms with Crippen LogP contribution in [0.2, 0.25) is 0 Å². The number of halogens is 1. The molecule has 0 fully saturated rings. The van der Waals surface area contributed by atoms with Gasteiger partial charge in [-0.05, 0) is 18.2 Å². The number of hydrogen-bond acceptors (Lipinski definition) is 3. The van der Waals surface area contributed by atoms with E-state index in [2.05, 4.69) is 26.1 Å². The minimum Gasteiger partial charge on any atom is -0.289 e. The second-order valence-corrected chi connectivity index (χ2v) is 3.65. The summed E-state index contributed by atoms with van der Waals surface area (Å²) in [4.78, 5) is 11.2. The van der Waals surface area contributed by atoms with Crippen molar-refractivity contribution in [2.24, 2.45) is 5.84 Å². The van der Waals surface area contributed by atoms with Crippen LogP contribution in [0.5, 0.6) is 0 Å². The highest BCUT2D eigenvalue weighted by Crippen LogP contribution is 2.20. The summed E-state index contributed by atoms with van der Waals surface area (Å²) in [5.74, 6) is 4.62. The largest absolute Gasteiger partial charge is 0.289 e. The number of amides is 1. The number of benzene rings is 1. The van der Waals surface area contributed by atoms with Crippen molar-refractivity contribution in [3.8, 4) is 0 Å². The van der Waals surface area contributed by atoms with E-state index >= 15 is 0 Å². The van der Waals surface area contributed by atoms with Gasteiger partial charge in [-0.1, -0.05) is 15.9 Å². The Morgan fingerprint density at radius 3 is 3.07 bits per heavy atom. The number of rotatable bonds is 1. The average Bonchev–Trinajstić information content (AvgIpc) is 2.59. The molecule has 72 valence electrons. The lowest BCUT2D eigenvalue weighted by molar-refractivity contribution is 0.0950. The molecular weight excluding hydrogens is 248 g/mol. The van der Waals surface area contributed by atoms with Crippen LogP contribution in [0, 0.1) is 0 Å². The van der Waals surface area contributed by atoms with E-state index in [9.17, 15) is 4.79 Å². The monoisotopic (exact) mass is 254 g/mol. The summed E-state index contributed by atoms with van der Waals surface area (Å²) in [6, 6.07) is 5.48. The van der Waals surface area contributed by atoms with E-state index in [1.165, 1.54) is 0 Å². The number of nitrogens with two attached hydrogens (primary N) is 1. The number of hydrogen-bond donors (Lipinski definition) is 3. The first-order valence-electron chi connectivity index (χ1n) is 3.87. The highest BCUT2D eigenvalue weighted by Gasteiger charge is 2.12. The summed E-state index contributed by atoms with van der Waals surface area (Å²) in [5.41, 5.74) is 3.13. The first-order chi connectivity index (χ1) is 6.72. The molecule has 1 aromatic heterocycles. The van der Waals surface area contributed by atoms with Crippen LogP contribution in [-0.4, -0.2) is 16.1 Å². The summed E-state index contributed by atoms with van der Waals surface area (Å²) < 4.78 is 0.924. The minimum atomic E-state index is -0.404. The molecule has 14 heavy (non-hydrogen) atoms. The molecule has 0 saturated heterocycles. The van der Waals surface area contributed by atoms with Crippen LogP contribution in [0.25, 0.3) is 10.9 Å². The number of fused-ring (bicyclic) bond motifs is 1. The summed E-state index contributed by atoms with van der Waals surface area (Å²) >= 11 is 3.32. The molecule has 0 spiro atoms. The molecular formula is C8H7BrN4O. The van der Waals surface area contributed by atoms with Gasteiger partial charge < -0.3 is 0 Å². The molecule has 6 heteroatoms. The summed E-state index contributed by atoms with van der Waals surface area (Å²) in [5, 5.41) is 7.36. The van der Waals surface area contributed by atoms with Crippen LogP contribution in [0.15, 0.2) is 22.7 Å². The van der Waals surface area contributed by atoms with Gasteiger partial charge >= 0.3 is 0 Å². The molecule has 0 bridgehead atoms. The number of aromatic amines is 1. The van der Waals surface area contributed by atoms with Gasteiger partial charge in [0.05, 0.1) is 5.52 Å². The van der Waals surface area contributed by atoms with E-state index in [-0.39, 0.29) is 0 Å². The number of aromatic nitrogens is 2. The van der Waals surface area contributed by atoms with Crippen LogP contribution >= 0.6 is 15.9 Å². The Bertz CT molecular complexity index is 493. The Morgan fingerprint density at radius 2 is 2.36 bits per heavy atom. The molecule has 0 unspecified atom stereocenters. The number of nitrogens with one attached hydrogen (secondary N) is 2. The molecule has 0 saturated carbocycles. The molecule has 4 N–H and O–H groups in total. The van der Waals surface area contributed by atoms with Gasteiger partial charge in [0, 0.05) is 9.86 Å². The van der Waals surface area contributed by atoms with Crippen LogP contribution in [0.4, 0.5) is 0 Å². The maximum atomic E-state index is 11.2. The van der Waals surface area contributed by atoms with Crippen molar-refractivity contribution in [2.45, 2.75) is 0 Å². The van der Waals surface area contributed by atoms with Gasteiger partial charge in [0.2, 0.25) is 0 Å². The van der Waals surface area contributed by atoms with Crippen molar-refractivity contribution in [3.05, 3.63) is 28.4 Å². The van der Waals surface area contributed by atoms with Crippen molar-refractivity contribution in [2.75, 3.05) is 0 Å². The standard InChI is InChI=1S/C8H7BrN4O/c9-4-1-2-5-6(3-4)12-13-7(5)8(14)11-10/h1-3H,10H2,(H,11,14)(H,12,13). The lowest BCUT2D eigenvalue weighted by Gasteiger charge is -1.94. The maximum Gasteiger partial charge on any atom is 0.286 e.